The molecule has 17 heavy (non-hydrogen) atoms. The van der Waals surface area contributed by atoms with E-state index in [0.717, 1.165) is 11.3 Å². The lowest BCUT2D eigenvalue weighted by atomic mass is 9.88. The molecule has 0 unspecified atom stereocenters. The Labute approximate surface area is 101 Å². The van der Waals surface area contributed by atoms with E-state index < -0.39 is 0 Å². The maximum absolute atomic E-state index is 11.7. The van der Waals surface area contributed by atoms with Crippen LogP contribution in [0.4, 0.5) is 0 Å². The summed E-state index contributed by atoms with van der Waals surface area (Å²) in [6.07, 6.45) is 8.54. The van der Waals surface area contributed by atoms with Crippen LogP contribution in [0.1, 0.15) is 48.0 Å². The second kappa shape index (κ2) is 4.36. The summed E-state index contributed by atoms with van der Waals surface area (Å²) in [6, 6.07) is 7.63. The first-order chi connectivity index (χ1) is 8.34. The molecule has 2 heteroatoms. The Morgan fingerprint density at radius 3 is 2.53 bits per heavy atom. The van der Waals surface area contributed by atoms with Crippen LogP contribution in [-0.2, 0) is 4.74 Å². The third kappa shape index (κ3) is 1.99. The van der Waals surface area contributed by atoms with Gasteiger partial charge in [-0.25, -0.2) is 4.79 Å². The average Bonchev–Trinajstić information content (AvgIpc) is 2.69. The Balaban J connectivity index is 1.90. The van der Waals surface area contributed by atoms with Gasteiger partial charge in [0, 0.05) is 5.56 Å². The quantitative estimate of drug-likeness (QED) is 0.684. The number of benzene rings is 1. The first-order valence-corrected chi connectivity index (χ1v) is 6.38. The van der Waals surface area contributed by atoms with Crippen molar-refractivity contribution < 1.29 is 9.53 Å². The number of carbonyl (C=O) groups excluding carboxylic acids is 1. The molecule has 2 aliphatic rings. The monoisotopic (exact) mass is 228 g/mol. The molecule has 0 bridgehead atoms. The van der Waals surface area contributed by atoms with Crippen molar-refractivity contribution in [2.24, 2.45) is 5.92 Å². The number of hydrogen-bond acceptors (Lipinski definition) is 2. The number of rotatable bonds is 1. The van der Waals surface area contributed by atoms with Crippen molar-refractivity contribution in [3.8, 4) is 0 Å². The van der Waals surface area contributed by atoms with E-state index in [9.17, 15) is 4.79 Å². The molecule has 0 saturated heterocycles. The molecule has 0 N–H and O–H groups in total. The van der Waals surface area contributed by atoms with Crippen LogP contribution >= 0.6 is 0 Å². The molecule has 1 heterocycles. The number of ether oxygens (including phenoxy) is 1. The molecule has 0 aromatic heterocycles. The van der Waals surface area contributed by atoms with Gasteiger partial charge < -0.3 is 4.74 Å². The largest absolute Gasteiger partial charge is 0.423 e. The van der Waals surface area contributed by atoms with Crippen molar-refractivity contribution in [3.63, 3.8) is 0 Å². The zero-order valence-corrected chi connectivity index (χ0v) is 9.82. The topological polar surface area (TPSA) is 26.3 Å². The molecule has 1 fully saturated rings. The second-order valence-corrected chi connectivity index (χ2v) is 4.86. The average molecular weight is 228 g/mol. The van der Waals surface area contributed by atoms with E-state index in [2.05, 4.69) is 6.08 Å². The summed E-state index contributed by atoms with van der Waals surface area (Å²) in [5.41, 5.74) is 1.66. The Morgan fingerprint density at radius 1 is 1.06 bits per heavy atom. The van der Waals surface area contributed by atoms with E-state index >= 15 is 0 Å². The first-order valence-electron chi connectivity index (χ1n) is 6.38. The van der Waals surface area contributed by atoms with Crippen LogP contribution in [0, 0.1) is 5.92 Å². The van der Waals surface area contributed by atoms with Crippen LogP contribution in [0.5, 0.6) is 0 Å². The predicted molar refractivity (Wildman–Crippen MR) is 66.4 cm³/mol. The van der Waals surface area contributed by atoms with Gasteiger partial charge in [-0.2, -0.15) is 0 Å². The van der Waals surface area contributed by atoms with Crippen LogP contribution in [0.15, 0.2) is 30.3 Å². The second-order valence-electron chi connectivity index (χ2n) is 4.86. The third-order valence-electron chi connectivity index (χ3n) is 3.65. The van der Waals surface area contributed by atoms with Crippen molar-refractivity contribution in [1.29, 1.82) is 0 Å². The van der Waals surface area contributed by atoms with Crippen LogP contribution < -0.4 is 0 Å². The minimum atomic E-state index is -0.206. The fourth-order valence-corrected chi connectivity index (χ4v) is 2.72. The molecule has 1 aliphatic carbocycles. The molecule has 1 aromatic rings. The fourth-order valence-electron chi connectivity index (χ4n) is 2.72. The van der Waals surface area contributed by atoms with Gasteiger partial charge in [0.15, 0.2) is 0 Å². The van der Waals surface area contributed by atoms with Crippen molar-refractivity contribution in [3.05, 3.63) is 41.5 Å². The lowest BCUT2D eigenvalue weighted by Gasteiger charge is -2.18. The molecule has 1 aromatic carbocycles. The smallest absolute Gasteiger partial charge is 0.344 e. The zero-order chi connectivity index (χ0) is 11.7. The van der Waals surface area contributed by atoms with E-state index in [1.54, 1.807) is 0 Å². The van der Waals surface area contributed by atoms with Crippen molar-refractivity contribution in [2.45, 2.75) is 32.1 Å². The Bertz CT molecular complexity index is 468. The summed E-state index contributed by atoms with van der Waals surface area (Å²) in [5.74, 6) is 1.15. The molecule has 2 nitrogen and oxygen atoms in total. The standard InChI is InChI=1S/C15H16O2/c16-15-13-9-5-4-8-12(13)14(17-15)10-11-6-2-1-3-7-11/h4-5,8-11H,1-3,6-7H2/b14-10+. The summed E-state index contributed by atoms with van der Waals surface area (Å²) < 4.78 is 5.36. The van der Waals surface area contributed by atoms with Gasteiger partial charge in [0.2, 0.25) is 0 Å². The van der Waals surface area contributed by atoms with Gasteiger partial charge in [0.25, 0.3) is 0 Å². The molecule has 0 atom stereocenters. The van der Waals surface area contributed by atoms with Crippen LogP contribution in [-0.4, -0.2) is 5.97 Å². The SMILES string of the molecule is O=C1O/C(=C/C2CCCCC2)c2ccccc21. The van der Waals surface area contributed by atoms with E-state index in [1.807, 2.05) is 24.3 Å². The van der Waals surface area contributed by atoms with Crippen molar-refractivity contribution in [2.75, 3.05) is 0 Å². The minimum absolute atomic E-state index is 0.206. The lowest BCUT2D eigenvalue weighted by molar-refractivity contribution is 0.0714. The molecule has 1 aliphatic heterocycles. The van der Waals surface area contributed by atoms with E-state index in [-0.39, 0.29) is 5.97 Å². The van der Waals surface area contributed by atoms with Gasteiger partial charge >= 0.3 is 5.97 Å². The predicted octanol–water partition coefficient (Wildman–Crippen LogP) is 3.78. The van der Waals surface area contributed by atoms with Gasteiger partial charge in [-0.3, -0.25) is 0 Å². The Morgan fingerprint density at radius 2 is 1.76 bits per heavy atom. The number of esters is 1. The van der Waals surface area contributed by atoms with Gasteiger partial charge in [-0.15, -0.1) is 0 Å². The highest BCUT2D eigenvalue weighted by molar-refractivity contribution is 6.02. The van der Waals surface area contributed by atoms with Crippen LogP contribution in [0.25, 0.3) is 5.76 Å². The molecule has 0 spiro atoms. The summed E-state index contributed by atoms with van der Waals surface area (Å²) in [5, 5.41) is 0. The van der Waals surface area contributed by atoms with Crippen molar-refractivity contribution >= 4 is 11.7 Å². The highest BCUT2D eigenvalue weighted by atomic mass is 16.5. The molecule has 88 valence electrons. The molecule has 0 amide bonds. The normalized spacial score (nSPS) is 22.6. The number of hydrogen-bond donors (Lipinski definition) is 0. The van der Waals surface area contributed by atoms with Crippen LogP contribution in [0.3, 0.4) is 0 Å². The van der Waals surface area contributed by atoms with E-state index in [1.165, 1.54) is 32.1 Å². The van der Waals surface area contributed by atoms with Gasteiger partial charge in [-0.05, 0) is 30.9 Å². The molecule has 0 radical (unpaired) electrons. The fraction of sp³-hybridized carbons (Fsp3) is 0.400. The first kappa shape index (κ1) is 10.6. The summed E-state index contributed by atoms with van der Waals surface area (Å²) in [7, 11) is 0. The molecular formula is C15H16O2. The molecule has 3 rings (SSSR count). The van der Waals surface area contributed by atoms with Crippen LogP contribution in [0.2, 0.25) is 0 Å². The van der Waals surface area contributed by atoms with Gasteiger partial charge in [-0.1, -0.05) is 37.5 Å². The number of cyclic esters (lactones) is 1. The maximum Gasteiger partial charge on any atom is 0.344 e. The highest BCUT2D eigenvalue weighted by Crippen LogP contribution is 2.33. The maximum atomic E-state index is 11.7. The lowest BCUT2D eigenvalue weighted by Crippen LogP contribution is -2.03. The number of allylic oxidation sites excluding steroid dienone is 1. The highest BCUT2D eigenvalue weighted by Gasteiger charge is 2.26. The van der Waals surface area contributed by atoms with Gasteiger partial charge in [0.05, 0.1) is 5.56 Å². The zero-order valence-electron chi connectivity index (χ0n) is 9.82. The van der Waals surface area contributed by atoms with Crippen molar-refractivity contribution in [1.82, 2.24) is 0 Å². The number of carbonyl (C=O) groups is 1. The Hall–Kier alpha value is -1.57. The molecular weight excluding hydrogens is 212 g/mol. The Kier molecular flexibility index (Phi) is 2.71. The number of fused-ring (bicyclic) bond motifs is 1. The molecule has 1 saturated carbocycles. The van der Waals surface area contributed by atoms with Gasteiger partial charge in [0.1, 0.15) is 5.76 Å². The minimum Gasteiger partial charge on any atom is -0.423 e. The summed E-state index contributed by atoms with van der Waals surface area (Å²) in [6.45, 7) is 0. The third-order valence-corrected chi connectivity index (χ3v) is 3.65. The van der Waals surface area contributed by atoms with E-state index in [4.69, 9.17) is 4.74 Å². The summed E-state index contributed by atoms with van der Waals surface area (Å²) >= 11 is 0. The van der Waals surface area contributed by atoms with E-state index in [0.29, 0.717) is 11.5 Å². The summed E-state index contributed by atoms with van der Waals surface area (Å²) in [4.78, 5) is 11.7.